The molecule has 0 spiro atoms. The van der Waals surface area contributed by atoms with Gasteiger partial charge in [-0.15, -0.1) is 0 Å². The Balaban J connectivity index is 2.11. The highest BCUT2D eigenvalue weighted by Gasteiger charge is 2.44. The smallest absolute Gasteiger partial charge is 0.241 e. The van der Waals surface area contributed by atoms with Gasteiger partial charge in [0.15, 0.2) is 0 Å². The standard InChI is InChI=1S/C16H30N2O/c1-10(2)8-14-16(19)18(15(17-14)11(3)4)13-7-6-12(5)9-13/h10-15,17H,6-9H2,1-5H3. The van der Waals surface area contributed by atoms with Gasteiger partial charge in [-0.1, -0.05) is 34.6 Å². The van der Waals surface area contributed by atoms with Crippen molar-refractivity contribution in [2.45, 2.75) is 78.6 Å². The van der Waals surface area contributed by atoms with Crippen LogP contribution >= 0.6 is 0 Å². The first-order chi connectivity index (χ1) is 8.90. The van der Waals surface area contributed by atoms with E-state index < -0.39 is 0 Å². The van der Waals surface area contributed by atoms with E-state index in [1.54, 1.807) is 0 Å². The summed E-state index contributed by atoms with van der Waals surface area (Å²) in [5, 5.41) is 3.59. The van der Waals surface area contributed by atoms with E-state index in [0.717, 1.165) is 12.3 Å². The summed E-state index contributed by atoms with van der Waals surface area (Å²) in [5.74, 6) is 2.18. The molecule has 3 heteroatoms. The number of hydrogen-bond acceptors (Lipinski definition) is 2. The summed E-state index contributed by atoms with van der Waals surface area (Å²) in [6, 6.07) is 0.517. The van der Waals surface area contributed by atoms with Gasteiger partial charge in [0.05, 0.1) is 12.2 Å². The normalized spacial score (nSPS) is 35.9. The summed E-state index contributed by atoms with van der Waals surface area (Å²) in [6.07, 6.45) is 4.85. The van der Waals surface area contributed by atoms with Gasteiger partial charge in [0.1, 0.15) is 0 Å². The molecular weight excluding hydrogens is 236 g/mol. The molecule has 1 saturated carbocycles. The van der Waals surface area contributed by atoms with Crippen LogP contribution < -0.4 is 5.32 Å². The Hall–Kier alpha value is -0.570. The third kappa shape index (κ3) is 3.13. The minimum atomic E-state index is 0.0447. The van der Waals surface area contributed by atoms with Gasteiger partial charge in [-0.25, -0.2) is 0 Å². The number of carbonyl (C=O) groups excluding carboxylic acids is 1. The van der Waals surface area contributed by atoms with Crippen LogP contribution in [0.25, 0.3) is 0 Å². The first-order valence-corrected chi connectivity index (χ1v) is 7.98. The topological polar surface area (TPSA) is 32.3 Å². The molecule has 2 fully saturated rings. The SMILES string of the molecule is CC(C)CC1NC(C(C)C)N(C2CCC(C)C2)C1=O. The first kappa shape index (κ1) is 14.8. The summed E-state index contributed by atoms with van der Waals surface area (Å²) in [4.78, 5) is 14.9. The third-order valence-electron chi connectivity index (χ3n) is 4.62. The lowest BCUT2D eigenvalue weighted by atomic mass is 10.0. The molecule has 1 N–H and O–H groups in total. The van der Waals surface area contributed by atoms with Crippen molar-refractivity contribution in [1.29, 1.82) is 0 Å². The molecule has 3 nitrogen and oxygen atoms in total. The second kappa shape index (κ2) is 5.82. The average Bonchev–Trinajstić information content (AvgIpc) is 2.84. The summed E-state index contributed by atoms with van der Waals surface area (Å²) in [7, 11) is 0. The van der Waals surface area contributed by atoms with Crippen LogP contribution in [-0.4, -0.2) is 29.1 Å². The zero-order valence-corrected chi connectivity index (χ0v) is 13.1. The van der Waals surface area contributed by atoms with E-state index >= 15 is 0 Å². The van der Waals surface area contributed by atoms with Crippen molar-refractivity contribution < 1.29 is 4.79 Å². The van der Waals surface area contributed by atoms with Gasteiger partial charge in [-0.3, -0.25) is 10.1 Å². The maximum absolute atomic E-state index is 12.7. The molecule has 19 heavy (non-hydrogen) atoms. The zero-order chi connectivity index (χ0) is 14.2. The molecule has 4 unspecified atom stereocenters. The second-order valence-corrected chi connectivity index (χ2v) is 7.36. The molecule has 2 rings (SSSR count). The van der Waals surface area contributed by atoms with Gasteiger partial charge in [0, 0.05) is 6.04 Å². The Morgan fingerprint density at radius 1 is 1.26 bits per heavy atom. The van der Waals surface area contributed by atoms with Crippen LogP contribution in [0.2, 0.25) is 0 Å². The van der Waals surface area contributed by atoms with Gasteiger partial charge < -0.3 is 4.90 Å². The Labute approximate surface area is 118 Å². The lowest BCUT2D eigenvalue weighted by Crippen LogP contribution is -2.46. The van der Waals surface area contributed by atoms with Gasteiger partial charge in [0.2, 0.25) is 5.91 Å². The molecule has 1 aliphatic heterocycles. The predicted molar refractivity (Wildman–Crippen MR) is 78.7 cm³/mol. The van der Waals surface area contributed by atoms with Gasteiger partial charge in [0.25, 0.3) is 0 Å². The van der Waals surface area contributed by atoms with Crippen molar-refractivity contribution in [2.24, 2.45) is 17.8 Å². The van der Waals surface area contributed by atoms with Gasteiger partial charge in [-0.05, 0) is 43.4 Å². The lowest BCUT2D eigenvalue weighted by molar-refractivity contribution is -0.133. The van der Waals surface area contributed by atoms with Crippen LogP contribution in [0, 0.1) is 17.8 Å². The minimum absolute atomic E-state index is 0.0447. The zero-order valence-electron chi connectivity index (χ0n) is 13.1. The Bertz CT molecular complexity index is 327. The molecule has 0 aromatic heterocycles. The van der Waals surface area contributed by atoms with E-state index in [1.807, 2.05) is 0 Å². The van der Waals surface area contributed by atoms with Crippen LogP contribution in [0.5, 0.6) is 0 Å². The molecule has 1 saturated heterocycles. The van der Waals surface area contributed by atoms with Crippen LogP contribution in [0.15, 0.2) is 0 Å². The predicted octanol–water partition coefficient (Wildman–Crippen LogP) is 3.00. The van der Waals surface area contributed by atoms with Crippen LogP contribution in [-0.2, 0) is 4.79 Å². The number of carbonyl (C=O) groups is 1. The number of hydrogen-bond donors (Lipinski definition) is 1. The highest BCUT2D eigenvalue weighted by molar-refractivity contribution is 5.84. The van der Waals surface area contributed by atoms with Crippen molar-refractivity contribution in [2.75, 3.05) is 0 Å². The van der Waals surface area contributed by atoms with E-state index in [9.17, 15) is 4.79 Å². The molecule has 110 valence electrons. The lowest BCUT2D eigenvalue weighted by Gasteiger charge is -2.32. The molecular formula is C16H30N2O. The molecule has 2 aliphatic rings. The van der Waals surface area contributed by atoms with Crippen LogP contribution in [0.3, 0.4) is 0 Å². The quantitative estimate of drug-likeness (QED) is 0.848. The minimum Gasteiger partial charge on any atom is -0.323 e. The molecule has 0 aromatic carbocycles. The van der Waals surface area contributed by atoms with E-state index in [2.05, 4.69) is 44.8 Å². The molecule has 0 aromatic rings. The van der Waals surface area contributed by atoms with E-state index in [4.69, 9.17) is 0 Å². The Morgan fingerprint density at radius 3 is 2.42 bits per heavy atom. The number of nitrogens with one attached hydrogen (secondary N) is 1. The fraction of sp³-hybridized carbons (Fsp3) is 0.938. The van der Waals surface area contributed by atoms with Gasteiger partial charge in [-0.2, -0.15) is 0 Å². The van der Waals surface area contributed by atoms with Gasteiger partial charge >= 0.3 is 0 Å². The monoisotopic (exact) mass is 266 g/mol. The number of nitrogens with zero attached hydrogens (tertiary/aromatic N) is 1. The van der Waals surface area contributed by atoms with Crippen molar-refractivity contribution in [3.63, 3.8) is 0 Å². The summed E-state index contributed by atoms with van der Waals surface area (Å²) < 4.78 is 0. The summed E-state index contributed by atoms with van der Waals surface area (Å²) in [5.41, 5.74) is 0. The van der Waals surface area contributed by atoms with Crippen LogP contribution in [0.1, 0.15) is 60.3 Å². The van der Waals surface area contributed by atoms with Crippen molar-refractivity contribution >= 4 is 5.91 Å². The van der Waals surface area contributed by atoms with E-state index in [1.165, 1.54) is 19.3 Å². The average molecular weight is 266 g/mol. The fourth-order valence-electron chi connectivity index (χ4n) is 3.67. The van der Waals surface area contributed by atoms with Crippen molar-refractivity contribution in [3.05, 3.63) is 0 Å². The largest absolute Gasteiger partial charge is 0.323 e. The molecule has 0 bridgehead atoms. The Kier molecular flexibility index (Phi) is 4.54. The van der Waals surface area contributed by atoms with Crippen LogP contribution in [0.4, 0.5) is 0 Å². The van der Waals surface area contributed by atoms with Crippen molar-refractivity contribution in [3.8, 4) is 0 Å². The van der Waals surface area contributed by atoms with E-state index in [-0.39, 0.29) is 12.2 Å². The maximum atomic E-state index is 12.7. The maximum Gasteiger partial charge on any atom is 0.241 e. The van der Waals surface area contributed by atoms with E-state index in [0.29, 0.717) is 23.8 Å². The molecule has 0 radical (unpaired) electrons. The molecule has 1 aliphatic carbocycles. The second-order valence-electron chi connectivity index (χ2n) is 7.36. The molecule has 1 heterocycles. The highest BCUT2D eigenvalue weighted by Crippen LogP contribution is 2.34. The Morgan fingerprint density at radius 2 is 1.95 bits per heavy atom. The molecule has 4 atom stereocenters. The number of amides is 1. The molecule has 1 amide bonds. The third-order valence-corrected chi connectivity index (χ3v) is 4.62. The first-order valence-electron chi connectivity index (χ1n) is 7.98. The highest BCUT2D eigenvalue weighted by atomic mass is 16.2. The number of rotatable bonds is 4. The fourth-order valence-corrected chi connectivity index (χ4v) is 3.67. The van der Waals surface area contributed by atoms with Crippen molar-refractivity contribution in [1.82, 2.24) is 10.2 Å². The summed E-state index contributed by atoms with van der Waals surface area (Å²) >= 11 is 0. The summed E-state index contributed by atoms with van der Waals surface area (Å²) in [6.45, 7) is 11.1.